The third-order valence-corrected chi connectivity index (χ3v) is 3.71. The highest BCUT2D eigenvalue weighted by molar-refractivity contribution is 5.61. The van der Waals surface area contributed by atoms with Crippen LogP contribution < -0.4 is 4.74 Å². The fraction of sp³-hybridized carbons (Fsp3) is 0.167. The van der Waals surface area contributed by atoms with E-state index in [0.717, 1.165) is 34.2 Å². The summed E-state index contributed by atoms with van der Waals surface area (Å²) in [5, 5.41) is 0. The first-order valence-electron chi connectivity index (χ1n) is 6.96. The van der Waals surface area contributed by atoms with Gasteiger partial charge in [0.25, 0.3) is 0 Å². The zero-order valence-corrected chi connectivity index (χ0v) is 12.5. The van der Waals surface area contributed by atoms with Crippen molar-refractivity contribution in [3.8, 4) is 22.8 Å². The Morgan fingerprint density at radius 3 is 2.19 bits per heavy atom. The Morgan fingerprint density at radius 2 is 1.57 bits per heavy atom. The summed E-state index contributed by atoms with van der Waals surface area (Å²) >= 11 is 0. The van der Waals surface area contributed by atoms with E-state index >= 15 is 0 Å². The zero-order valence-electron chi connectivity index (χ0n) is 12.5. The molecule has 0 aliphatic heterocycles. The van der Waals surface area contributed by atoms with Crippen molar-refractivity contribution in [1.82, 2.24) is 9.55 Å². The minimum atomic E-state index is 0.852. The van der Waals surface area contributed by atoms with Crippen molar-refractivity contribution < 1.29 is 4.74 Å². The van der Waals surface area contributed by atoms with E-state index in [2.05, 4.69) is 23.6 Å². The van der Waals surface area contributed by atoms with E-state index in [-0.39, 0.29) is 0 Å². The molecule has 0 unspecified atom stereocenters. The Labute approximate surface area is 124 Å². The molecule has 3 rings (SSSR count). The maximum atomic E-state index is 5.22. The van der Waals surface area contributed by atoms with Crippen molar-refractivity contribution >= 4 is 0 Å². The number of ether oxygens (including phenoxy) is 1. The first kappa shape index (κ1) is 13.4. The van der Waals surface area contributed by atoms with Gasteiger partial charge in [0.15, 0.2) is 0 Å². The van der Waals surface area contributed by atoms with Gasteiger partial charge in [-0.25, -0.2) is 4.98 Å². The van der Waals surface area contributed by atoms with Gasteiger partial charge in [-0.3, -0.25) is 4.57 Å². The lowest BCUT2D eigenvalue weighted by Gasteiger charge is -2.10. The summed E-state index contributed by atoms with van der Waals surface area (Å²) < 4.78 is 7.41. The predicted molar refractivity (Wildman–Crippen MR) is 85.0 cm³/mol. The SMILES string of the molecule is COc1ccc(-c2nc(C)c(C)n2-c2ccccc2)cc1. The summed E-state index contributed by atoms with van der Waals surface area (Å²) in [6, 6.07) is 18.3. The summed E-state index contributed by atoms with van der Waals surface area (Å²) in [5.74, 6) is 1.81. The molecule has 0 fully saturated rings. The van der Waals surface area contributed by atoms with Crippen molar-refractivity contribution in [2.45, 2.75) is 13.8 Å². The van der Waals surface area contributed by atoms with Crippen molar-refractivity contribution in [3.63, 3.8) is 0 Å². The maximum absolute atomic E-state index is 5.22. The largest absolute Gasteiger partial charge is 0.497 e. The Kier molecular flexibility index (Phi) is 3.48. The lowest BCUT2D eigenvalue weighted by molar-refractivity contribution is 0.415. The van der Waals surface area contributed by atoms with E-state index in [0.29, 0.717) is 0 Å². The van der Waals surface area contributed by atoms with Crippen molar-refractivity contribution in [2.75, 3.05) is 7.11 Å². The molecular weight excluding hydrogens is 260 g/mol. The standard InChI is InChI=1S/C18H18N2O/c1-13-14(2)20(16-7-5-4-6-8-16)18(19-13)15-9-11-17(21-3)12-10-15/h4-12H,1-3H3. The summed E-state index contributed by atoms with van der Waals surface area (Å²) in [6.07, 6.45) is 0. The molecule has 3 heteroatoms. The number of imidazole rings is 1. The molecule has 3 aromatic rings. The first-order valence-corrected chi connectivity index (χ1v) is 6.96. The van der Waals surface area contributed by atoms with Gasteiger partial charge in [-0.15, -0.1) is 0 Å². The molecule has 0 radical (unpaired) electrons. The van der Waals surface area contributed by atoms with Crippen molar-refractivity contribution in [2.24, 2.45) is 0 Å². The smallest absolute Gasteiger partial charge is 0.145 e. The molecule has 21 heavy (non-hydrogen) atoms. The van der Waals surface area contributed by atoms with Gasteiger partial charge in [-0.1, -0.05) is 18.2 Å². The quantitative estimate of drug-likeness (QED) is 0.719. The van der Waals surface area contributed by atoms with Crippen LogP contribution in [0.5, 0.6) is 5.75 Å². The molecule has 0 atom stereocenters. The predicted octanol–water partition coefficient (Wildman–Crippen LogP) is 4.16. The van der Waals surface area contributed by atoms with Crippen LogP contribution in [0, 0.1) is 13.8 Å². The number of methoxy groups -OCH3 is 1. The molecule has 0 N–H and O–H groups in total. The number of hydrogen-bond acceptors (Lipinski definition) is 2. The van der Waals surface area contributed by atoms with Crippen LogP contribution in [0.4, 0.5) is 0 Å². The number of rotatable bonds is 3. The Hall–Kier alpha value is -2.55. The van der Waals surface area contributed by atoms with E-state index in [9.17, 15) is 0 Å². The summed E-state index contributed by atoms with van der Waals surface area (Å²) in [6.45, 7) is 4.14. The molecule has 0 amide bonds. The summed E-state index contributed by atoms with van der Waals surface area (Å²) in [4.78, 5) is 4.73. The van der Waals surface area contributed by atoms with Crippen LogP contribution in [0.25, 0.3) is 17.1 Å². The maximum Gasteiger partial charge on any atom is 0.145 e. The van der Waals surface area contributed by atoms with Crippen LogP contribution in [-0.4, -0.2) is 16.7 Å². The summed E-state index contributed by atoms with van der Waals surface area (Å²) in [5.41, 5.74) is 4.41. The molecular formula is C18H18N2O. The van der Waals surface area contributed by atoms with Gasteiger partial charge in [0.05, 0.1) is 12.8 Å². The Bertz CT molecular complexity index is 743. The first-order chi connectivity index (χ1) is 10.2. The lowest BCUT2D eigenvalue weighted by Crippen LogP contribution is -1.99. The molecule has 0 spiro atoms. The topological polar surface area (TPSA) is 27.1 Å². The molecule has 0 aliphatic carbocycles. The van der Waals surface area contributed by atoms with Crippen LogP contribution in [0.1, 0.15) is 11.4 Å². The Balaban J connectivity index is 2.16. The highest BCUT2D eigenvalue weighted by Gasteiger charge is 2.14. The zero-order chi connectivity index (χ0) is 14.8. The second-order valence-electron chi connectivity index (χ2n) is 5.01. The van der Waals surface area contributed by atoms with E-state index in [1.165, 1.54) is 0 Å². The second kappa shape index (κ2) is 5.44. The average Bonchev–Trinajstić information content (AvgIpc) is 2.84. The van der Waals surface area contributed by atoms with Gasteiger partial charge in [0.1, 0.15) is 11.6 Å². The van der Waals surface area contributed by atoms with Gasteiger partial charge in [-0.05, 0) is 50.2 Å². The van der Waals surface area contributed by atoms with Crippen LogP contribution in [0.2, 0.25) is 0 Å². The molecule has 0 saturated heterocycles. The number of hydrogen-bond donors (Lipinski definition) is 0. The molecule has 2 aromatic carbocycles. The number of nitrogens with zero attached hydrogens (tertiary/aromatic N) is 2. The number of para-hydroxylation sites is 1. The molecule has 1 aromatic heterocycles. The van der Waals surface area contributed by atoms with Gasteiger partial charge >= 0.3 is 0 Å². The monoisotopic (exact) mass is 278 g/mol. The average molecular weight is 278 g/mol. The molecule has 3 nitrogen and oxygen atoms in total. The number of benzene rings is 2. The second-order valence-corrected chi connectivity index (χ2v) is 5.01. The molecule has 0 bridgehead atoms. The molecule has 0 aliphatic rings. The molecule has 1 heterocycles. The lowest BCUT2D eigenvalue weighted by atomic mass is 10.2. The van der Waals surface area contributed by atoms with Crippen LogP contribution in [-0.2, 0) is 0 Å². The number of aromatic nitrogens is 2. The fourth-order valence-electron chi connectivity index (χ4n) is 2.44. The number of aryl methyl sites for hydroxylation is 1. The fourth-order valence-corrected chi connectivity index (χ4v) is 2.44. The normalized spacial score (nSPS) is 10.6. The molecule has 106 valence electrons. The molecule has 0 saturated carbocycles. The summed E-state index contributed by atoms with van der Waals surface area (Å²) in [7, 11) is 1.67. The van der Waals surface area contributed by atoms with E-state index in [4.69, 9.17) is 9.72 Å². The minimum absolute atomic E-state index is 0.852. The van der Waals surface area contributed by atoms with Gasteiger partial charge < -0.3 is 4.74 Å². The Morgan fingerprint density at radius 1 is 0.905 bits per heavy atom. The van der Waals surface area contributed by atoms with Gasteiger partial charge in [0, 0.05) is 16.9 Å². The van der Waals surface area contributed by atoms with Crippen LogP contribution in [0.15, 0.2) is 54.6 Å². The van der Waals surface area contributed by atoms with E-state index in [1.807, 2.05) is 49.4 Å². The van der Waals surface area contributed by atoms with Crippen LogP contribution >= 0.6 is 0 Å². The van der Waals surface area contributed by atoms with Gasteiger partial charge in [-0.2, -0.15) is 0 Å². The minimum Gasteiger partial charge on any atom is -0.497 e. The van der Waals surface area contributed by atoms with Crippen molar-refractivity contribution in [1.29, 1.82) is 0 Å². The van der Waals surface area contributed by atoms with E-state index in [1.54, 1.807) is 7.11 Å². The third kappa shape index (κ3) is 2.42. The van der Waals surface area contributed by atoms with E-state index < -0.39 is 0 Å². The van der Waals surface area contributed by atoms with Crippen molar-refractivity contribution in [3.05, 3.63) is 66.0 Å². The third-order valence-electron chi connectivity index (χ3n) is 3.71. The van der Waals surface area contributed by atoms with Gasteiger partial charge in [0.2, 0.25) is 0 Å². The highest BCUT2D eigenvalue weighted by Crippen LogP contribution is 2.27. The highest BCUT2D eigenvalue weighted by atomic mass is 16.5. The van der Waals surface area contributed by atoms with Crippen LogP contribution in [0.3, 0.4) is 0 Å².